The minimum atomic E-state index is 0.580. The fraction of sp³-hybridized carbons (Fsp3) is 0.111. The average molecular weight is 148 g/mol. The van der Waals surface area contributed by atoms with E-state index in [2.05, 4.69) is 0 Å². The van der Waals surface area contributed by atoms with Gasteiger partial charge in [-0.05, 0) is 18.2 Å². The molecule has 2 rings (SSSR count). The Hall–Kier alpha value is -1.44. The predicted octanol–water partition coefficient (Wildman–Crippen LogP) is 1.97. The summed E-state index contributed by atoms with van der Waals surface area (Å²) in [4.78, 5) is 0. The SMILES string of the molecule is C1=COc2ccccc2OC1. The first-order valence-electron chi connectivity index (χ1n) is 3.50. The smallest absolute Gasteiger partial charge is 0.168 e. The Labute approximate surface area is 65.1 Å². The number of hydrogen-bond donors (Lipinski definition) is 0. The van der Waals surface area contributed by atoms with Gasteiger partial charge in [0.05, 0.1) is 6.26 Å². The topological polar surface area (TPSA) is 18.5 Å². The van der Waals surface area contributed by atoms with Crippen LogP contribution in [0.25, 0.3) is 0 Å². The minimum Gasteiger partial charge on any atom is -0.485 e. The lowest BCUT2D eigenvalue weighted by Gasteiger charge is -2.04. The molecule has 0 saturated heterocycles. The molecule has 0 aromatic heterocycles. The highest BCUT2D eigenvalue weighted by Crippen LogP contribution is 2.27. The molecule has 11 heavy (non-hydrogen) atoms. The van der Waals surface area contributed by atoms with Crippen molar-refractivity contribution in [1.82, 2.24) is 0 Å². The maximum Gasteiger partial charge on any atom is 0.168 e. The molecule has 0 N–H and O–H groups in total. The summed E-state index contributed by atoms with van der Waals surface area (Å²) < 4.78 is 10.6. The lowest BCUT2D eigenvalue weighted by molar-refractivity contribution is 0.356. The quantitative estimate of drug-likeness (QED) is 0.560. The molecule has 0 amide bonds. The third-order valence-corrected chi connectivity index (χ3v) is 1.48. The van der Waals surface area contributed by atoms with E-state index in [1.54, 1.807) is 6.26 Å². The van der Waals surface area contributed by atoms with Crippen molar-refractivity contribution >= 4 is 0 Å². The molecule has 1 aromatic carbocycles. The van der Waals surface area contributed by atoms with Gasteiger partial charge >= 0.3 is 0 Å². The second-order valence-electron chi connectivity index (χ2n) is 2.25. The van der Waals surface area contributed by atoms with Crippen molar-refractivity contribution in [3.05, 3.63) is 36.6 Å². The van der Waals surface area contributed by atoms with Crippen molar-refractivity contribution in [2.75, 3.05) is 6.61 Å². The molecule has 2 heteroatoms. The molecule has 0 radical (unpaired) electrons. The predicted molar refractivity (Wildman–Crippen MR) is 41.7 cm³/mol. The van der Waals surface area contributed by atoms with Gasteiger partial charge in [0.15, 0.2) is 11.5 Å². The fourth-order valence-corrected chi connectivity index (χ4v) is 0.965. The molecule has 2 nitrogen and oxygen atoms in total. The van der Waals surface area contributed by atoms with Crippen LogP contribution >= 0.6 is 0 Å². The highest BCUT2D eigenvalue weighted by atomic mass is 16.5. The van der Waals surface area contributed by atoms with Gasteiger partial charge in [-0.2, -0.15) is 0 Å². The molecule has 0 aliphatic carbocycles. The second kappa shape index (κ2) is 2.66. The molecule has 0 fully saturated rings. The van der Waals surface area contributed by atoms with Crippen molar-refractivity contribution < 1.29 is 9.47 Å². The summed E-state index contributed by atoms with van der Waals surface area (Å²) in [7, 11) is 0. The minimum absolute atomic E-state index is 0.580. The van der Waals surface area contributed by atoms with Gasteiger partial charge < -0.3 is 9.47 Å². The molecule has 1 aromatic rings. The van der Waals surface area contributed by atoms with Crippen molar-refractivity contribution in [3.8, 4) is 11.5 Å². The van der Waals surface area contributed by atoms with E-state index < -0.39 is 0 Å². The van der Waals surface area contributed by atoms with E-state index >= 15 is 0 Å². The van der Waals surface area contributed by atoms with Crippen LogP contribution in [0.3, 0.4) is 0 Å². The van der Waals surface area contributed by atoms with Gasteiger partial charge in [-0.1, -0.05) is 12.1 Å². The molecule has 1 aliphatic rings. The molecular formula is C9H8O2. The Balaban J connectivity index is 2.40. The number of benzene rings is 1. The molecule has 56 valence electrons. The number of fused-ring (bicyclic) bond motifs is 1. The van der Waals surface area contributed by atoms with Gasteiger partial charge in [-0.25, -0.2) is 0 Å². The molecule has 0 saturated carbocycles. The van der Waals surface area contributed by atoms with Crippen LogP contribution in [0.2, 0.25) is 0 Å². The first-order valence-corrected chi connectivity index (χ1v) is 3.50. The number of ether oxygens (including phenoxy) is 2. The van der Waals surface area contributed by atoms with Crippen molar-refractivity contribution in [1.29, 1.82) is 0 Å². The summed E-state index contributed by atoms with van der Waals surface area (Å²) >= 11 is 0. The Bertz CT molecular complexity index is 279. The first kappa shape index (κ1) is 6.28. The summed E-state index contributed by atoms with van der Waals surface area (Å²) in [5.74, 6) is 1.58. The maximum atomic E-state index is 5.34. The summed E-state index contributed by atoms with van der Waals surface area (Å²) in [5, 5.41) is 0. The fourth-order valence-electron chi connectivity index (χ4n) is 0.965. The summed E-state index contributed by atoms with van der Waals surface area (Å²) in [5.41, 5.74) is 0. The van der Waals surface area contributed by atoms with E-state index in [0.717, 1.165) is 11.5 Å². The first-order chi connectivity index (χ1) is 5.47. The van der Waals surface area contributed by atoms with Crippen LogP contribution in [0.15, 0.2) is 36.6 Å². The number of rotatable bonds is 0. The lowest BCUT2D eigenvalue weighted by atomic mass is 10.3. The van der Waals surface area contributed by atoms with Crippen LogP contribution in [-0.2, 0) is 0 Å². The van der Waals surface area contributed by atoms with Gasteiger partial charge in [-0.15, -0.1) is 0 Å². The second-order valence-corrected chi connectivity index (χ2v) is 2.25. The Kier molecular flexibility index (Phi) is 1.52. The van der Waals surface area contributed by atoms with Gasteiger partial charge in [0.2, 0.25) is 0 Å². The van der Waals surface area contributed by atoms with E-state index in [4.69, 9.17) is 9.47 Å². The molecule has 1 heterocycles. The summed E-state index contributed by atoms with van der Waals surface area (Å²) in [6.07, 6.45) is 3.48. The van der Waals surface area contributed by atoms with E-state index in [-0.39, 0.29) is 0 Å². The molecule has 0 spiro atoms. The monoisotopic (exact) mass is 148 g/mol. The van der Waals surface area contributed by atoms with Crippen LogP contribution in [0.5, 0.6) is 11.5 Å². The van der Waals surface area contributed by atoms with Crippen LogP contribution in [0.4, 0.5) is 0 Å². The highest BCUT2D eigenvalue weighted by molar-refractivity contribution is 5.40. The Morgan fingerprint density at radius 2 is 1.91 bits per heavy atom. The van der Waals surface area contributed by atoms with Crippen LogP contribution in [0.1, 0.15) is 0 Å². The zero-order valence-corrected chi connectivity index (χ0v) is 5.99. The Morgan fingerprint density at radius 3 is 2.82 bits per heavy atom. The number of hydrogen-bond acceptors (Lipinski definition) is 2. The molecular weight excluding hydrogens is 140 g/mol. The van der Waals surface area contributed by atoms with E-state index in [1.807, 2.05) is 30.3 Å². The number of para-hydroxylation sites is 2. The molecule has 0 atom stereocenters. The van der Waals surface area contributed by atoms with Gasteiger partial charge in [-0.3, -0.25) is 0 Å². The molecule has 1 aliphatic heterocycles. The van der Waals surface area contributed by atoms with E-state index in [1.165, 1.54) is 0 Å². The van der Waals surface area contributed by atoms with Crippen molar-refractivity contribution in [2.24, 2.45) is 0 Å². The van der Waals surface area contributed by atoms with E-state index in [9.17, 15) is 0 Å². The summed E-state index contributed by atoms with van der Waals surface area (Å²) in [6, 6.07) is 7.61. The zero-order valence-electron chi connectivity index (χ0n) is 5.99. The Morgan fingerprint density at radius 1 is 1.09 bits per heavy atom. The molecule has 0 bridgehead atoms. The third-order valence-electron chi connectivity index (χ3n) is 1.48. The largest absolute Gasteiger partial charge is 0.485 e. The highest BCUT2D eigenvalue weighted by Gasteiger charge is 2.03. The van der Waals surface area contributed by atoms with Crippen LogP contribution in [0, 0.1) is 0 Å². The third kappa shape index (κ3) is 1.19. The van der Waals surface area contributed by atoms with Gasteiger partial charge in [0.25, 0.3) is 0 Å². The van der Waals surface area contributed by atoms with E-state index in [0.29, 0.717) is 6.61 Å². The average Bonchev–Trinajstić information content (AvgIpc) is 2.28. The van der Waals surface area contributed by atoms with Gasteiger partial charge in [0.1, 0.15) is 6.61 Å². The molecule has 0 unspecified atom stereocenters. The van der Waals surface area contributed by atoms with Crippen LogP contribution < -0.4 is 9.47 Å². The maximum absolute atomic E-state index is 5.34. The standard InChI is InChI=1S/C9H8O2/c1-2-5-9-8(4-1)10-6-3-7-11-9/h1-6H,7H2. The van der Waals surface area contributed by atoms with Gasteiger partial charge in [0, 0.05) is 0 Å². The van der Waals surface area contributed by atoms with Crippen molar-refractivity contribution in [2.45, 2.75) is 0 Å². The zero-order chi connectivity index (χ0) is 7.52. The lowest BCUT2D eigenvalue weighted by Crippen LogP contribution is -1.90. The van der Waals surface area contributed by atoms with Crippen LogP contribution in [-0.4, -0.2) is 6.61 Å². The normalized spacial score (nSPS) is 14.2. The summed E-state index contributed by atoms with van der Waals surface area (Å²) in [6.45, 7) is 0.580. The van der Waals surface area contributed by atoms with Crippen molar-refractivity contribution in [3.63, 3.8) is 0 Å².